The molecule has 5 heteroatoms. The third-order valence-electron chi connectivity index (χ3n) is 6.60. The predicted octanol–water partition coefficient (Wildman–Crippen LogP) is 5.42. The van der Waals surface area contributed by atoms with Crippen LogP contribution >= 0.6 is 0 Å². The van der Waals surface area contributed by atoms with E-state index in [4.69, 9.17) is 0 Å². The van der Waals surface area contributed by atoms with Crippen molar-refractivity contribution < 1.29 is 9.18 Å². The van der Waals surface area contributed by atoms with Crippen molar-refractivity contribution in [2.24, 2.45) is 0 Å². The number of nitrogens with zero attached hydrogens (tertiary/aromatic N) is 3. The van der Waals surface area contributed by atoms with Crippen molar-refractivity contribution in [2.75, 3.05) is 7.05 Å². The highest BCUT2D eigenvalue weighted by molar-refractivity contribution is 5.97. The highest BCUT2D eigenvalue weighted by atomic mass is 19.1. The SMILES string of the molecule is CN1C(=O)c2cc(-c3ccccc3)cn2-c2cc(-c3ccc(F)cn3)ccc2C12CC2. The Labute approximate surface area is 179 Å². The molecule has 0 saturated heterocycles. The van der Waals surface area contributed by atoms with E-state index in [0.29, 0.717) is 11.4 Å². The number of halogens is 1. The molecule has 2 aliphatic rings. The highest BCUT2D eigenvalue weighted by Gasteiger charge is 2.53. The predicted molar refractivity (Wildman–Crippen MR) is 117 cm³/mol. The number of fused-ring (bicyclic) bond motifs is 4. The number of pyridine rings is 1. The average molecular weight is 409 g/mol. The number of benzene rings is 2. The second kappa shape index (κ2) is 6.38. The molecule has 0 atom stereocenters. The molecule has 0 unspecified atom stereocenters. The van der Waals surface area contributed by atoms with E-state index >= 15 is 0 Å². The molecule has 0 N–H and O–H groups in total. The minimum absolute atomic E-state index is 0.0253. The van der Waals surface area contributed by atoms with Crippen LogP contribution in [0.3, 0.4) is 0 Å². The summed E-state index contributed by atoms with van der Waals surface area (Å²) in [4.78, 5) is 19.6. The fourth-order valence-corrected chi connectivity index (χ4v) is 4.72. The molecule has 1 spiro atoms. The molecule has 4 aromatic rings. The second-order valence-corrected chi connectivity index (χ2v) is 8.34. The third kappa shape index (κ3) is 2.66. The molecule has 31 heavy (non-hydrogen) atoms. The smallest absolute Gasteiger partial charge is 0.271 e. The van der Waals surface area contributed by atoms with Crippen molar-refractivity contribution in [3.63, 3.8) is 0 Å². The zero-order valence-corrected chi connectivity index (χ0v) is 17.0. The molecule has 4 nitrogen and oxygen atoms in total. The van der Waals surface area contributed by atoms with E-state index in [1.54, 1.807) is 6.07 Å². The quantitative estimate of drug-likeness (QED) is 0.443. The van der Waals surface area contributed by atoms with Crippen LogP contribution in [0, 0.1) is 5.82 Å². The Kier molecular flexibility index (Phi) is 3.72. The van der Waals surface area contributed by atoms with Gasteiger partial charge in [-0.3, -0.25) is 9.78 Å². The van der Waals surface area contributed by atoms with Crippen LogP contribution in [0.15, 0.2) is 79.1 Å². The second-order valence-electron chi connectivity index (χ2n) is 8.34. The lowest BCUT2D eigenvalue weighted by molar-refractivity contribution is 0.0705. The lowest BCUT2D eigenvalue weighted by Gasteiger charge is -2.27. The molecule has 0 radical (unpaired) electrons. The van der Waals surface area contributed by atoms with Gasteiger partial charge in [-0.1, -0.05) is 42.5 Å². The van der Waals surface area contributed by atoms with Crippen molar-refractivity contribution in [3.8, 4) is 28.1 Å². The molecular formula is C26H20FN3O. The third-order valence-corrected chi connectivity index (χ3v) is 6.60. The molecule has 6 rings (SSSR count). The van der Waals surface area contributed by atoms with Crippen molar-refractivity contribution in [3.05, 3.63) is 96.2 Å². The van der Waals surface area contributed by atoms with Gasteiger partial charge in [0.2, 0.25) is 0 Å². The van der Waals surface area contributed by atoms with Crippen molar-refractivity contribution in [1.82, 2.24) is 14.5 Å². The van der Waals surface area contributed by atoms with E-state index in [0.717, 1.165) is 40.8 Å². The summed E-state index contributed by atoms with van der Waals surface area (Å²) in [7, 11) is 1.90. The van der Waals surface area contributed by atoms with Crippen LogP contribution in [0.1, 0.15) is 28.9 Å². The Balaban J connectivity index is 1.59. The van der Waals surface area contributed by atoms with Gasteiger partial charge in [0.1, 0.15) is 11.5 Å². The van der Waals surface area contributed by atoms with Gasteiger partial charge in [-0.25, -0.2) is 4.39 Å². The van der Waals surface area contributed by atoms with Gasteiger partial charge < -0.3 is 9.47 Å². The monoisotopic (exact) mass is 409 g/mol. The average Bonchev–Trinajstić information content (AvgIpc) is 3.50. The summed E-state index contributed by atoms with van der Waals surface area (Å²) < 4.78 is 15.4. The number of amides is 1. The number of hydrogen-bond donors (Lipinski definition) is 0. The first-order chi connectivity index (χ1) is 15.1. The largest absolute Gasteiger partial charge is 0.331 e. The van der Waals surface area contributed by atoms with Crippen LogP contribution in [0.25, 0.3) is 28.1 Å². The van der Waals surface area contributed by atoms with Gasteiger partial charge in [-0.2, -0.15) is 0 Å². The van der Waals surface area contributed by atoms with Crippen LogP contribution in [0.5, 0.6) is 0 Å². The molecule has 1 saturated carbocycles. The Morgan fingerprint density at radius 2 is 1.74 bits per heavy atom. The highest BCUT2D eigenvalue weighted by Crippen LogP contribution is 2.54. The molecule has 1 amide bonds. The standard InChI is InChI=1S/C26H20FN3O/c1-29-25(31)24-14-19(17-5-3-2-4-6-17)16-30(24)23-13-18(22-10-8-20(27)15-28-22)7-9-21(23)26(29)11-12-26/h2-10,13-16H,11-12H2,1H3. The van der Waals surface area contributed by atoms with Gasteiger partial charge in [-0.05, 0) is 42.7 Å². The Bertz CT molecular complexity index is 1320. The van der Waals surface area contributed by atoms with Crippen molar-refractivity contribution >= 4 is 5.91 Å². The first-order valence-electron chi connectivity index (χ1n) is 10.4. The maximum absolute atomic E-state index is 13.4. The Morgan fingerprint density at radius 3 is 2.45 bits per heavy atom. The maximum Gasteiger partial charge on any atom is 0.271 e. The lowest BCUT2D eigenvalue weighted by Crippen LogP contribution is -2.36. The van der Waals surface area contributed by atoms with Crippen molar-refractivity contribution in [1.29, 1.82) is 0 Å². The summed E-state index contributed by atoms with van der Waals surface area (Å²) in [5.41, 5.74) is 6.18. The number of aromatic nitrogens is 2. The molecule has 0 bridgehead atoms. The summed E-state index contributed by atoms with van der Waals surface area (Å²) in [5.74, 6) is -0.333. The molecular weight excluding hydrogens is 389 g/mol. The van der Waals surface area contributed by atoms with Crippen LogP contribution < -0.4 is 0 Å². The van der Waals surface area contributed by atoms with Gasteiger partial charge >= 0.3 is 0 Å². The van der Waals surface area contributed by atoms with Crippen LogP contribution in [-0.4, -0.2) is 27.4 Å². The van der Waals surface area contributed by atoms with E-state index in [2.05, 4.69) is 17.1 Å². The van der Waals surface area contributed by atoms with Gasteiger partial charge in [0.25, 0.3) is 5.91 Å². The summed E-state index contributed by atoms with van der Waals surface area (Å²) in [6.45, 7) is 0. The first-order valence-corrected chi connectivity index (χ1v) is 10.4. The summed E-state index contributed by atoms with van der Waals surface area (Å²) in [6, 6.07) is 21.3. The van der Waals surface area contributed by atoms with E-state index in [1.165, 1.54) is 12.3 Å². The molecule has 1 fully saturated rings. The Hall–Kier alpha value is -3.73. The fraction of sp³-hybridized carbons (Fsp3) is 0.154. The van der Waals surface area contributed by atoms with Gasteiger partial charge in [0.15, 0.2) is 0 Å². The molecule has 1 aliphatic heterocycles. The number of rotatable bonds is 2. The fourth-order valence-electron chi connectivity index (χ4n) is 4.72. The zero-order valence-electron chi connectivity index (χ0n) is 17.0. The first kappa shape index (κ1) is 18.1. The topological polar surface area (TPSA) is 38.1 Å². The maximum atomic E-state index is 13.4. The van der Waals surface area contributed by atoms with E-state index in [9.17, 15) is 9.18 Å². The summed E-state index contributed by atoms with van der Waals surface area (Å²) in [6.07, 6.45) is 5.17. The van der Waals surface area contributed by atoms with Crippen LogP contribution in [0.2, 0.25) is 0 Å². The van der Waals surface area contributed by atoms with Crippen LogP contribution in [0.4, 0.5) is 4.39 Å². The minimum atomic E-state index is -0.358. The van der Waals surface area contributed by atoms with E-state index in [-0.39, 0.29) is 17.3 Å². The molecule has 2 aromatic carbocycles. The Morgan fingerprint density at radius 1 is 0.935 bits per heavy atom. The zero-order chi connectivity index (χ0) is 21.2. The van der Waals surface area contributed by atoms with Crippen molar-refractivity contribution in [2.45, 2.75) is 18.4 Å². The number of carbonyl (C=O) groups excluding carboxylic acids is 1. The van der Waals surface area contributed by atoms with Gasteiger partial charge in [0, 0.05) is 29.9 Å². The van der Waals surface area contributed by atoms with Gasteiger partial charge in [-0.15, -0.1) is 0 Å². The summed E-state index contributed by atoms with van der Waals surface area (Å²) in [5, 5.41) is 0. The summed E-state index contributed by atoms with van der Waals surface area (Å²) >= 11 is 0. The normalized spacial score (nSPS) is 16.1. The van der Waals surface area contributed by atoms with E-state index in [1.807, 2.05) is 65.2 Å². The number of carbonyl (C=O) groups is 1. The molecule has 3 heterocycles. The molecule has 1 aliphatic carbocycles. The van der Waals surface area contributed by atoms with Gasteiger partial charge in [0.05, 0.1) is 23.1 Å². The number of hydrogen-bond acceptors (Lipinski definition) is 2. The lowest BCUT2D eigenvalue weighted by atomic mass is 9.98. The minimum Gasteiger partial charge on any atom is -0.331 e. The van der Waals surface area contributed by atoms with E-state index < -0.39 is 0 Å². The molecule has 152 valence electrons. The molecule has 2 aromatic heterocycles. The van der Waals surface area contributed by atoms with Crippen LogP contribution in [-0.2, 0) is 5.54 Å².